The number of hydrogen-bond donors (Lipinski definition) is 0. The molecule has 6 heteroatoms. The van der Waals surface area contributed by atoms with Crippen molar-refractivity contribution in [1.82, 2.24) is 4.31 Å². The summed E-state index contributed by atoms with van der Waals surface area (Å²) in [6.45, 7) is 0.940. The highest BCUT2D eigenvalue weighted by Gasteiger charge is 2.44. The molecule has 0 radical (unpaired) electrons. The van der Waals surface area contributed by atoms with Gasteiger partial charge in [0.05, 0.1) is 18.3 Å². The van der Waals surface area contributed by atoms with Gasteiger partial charge in [-0.3, -0.25) is 4.79 Å². The molecule has 0 saturated heterocycles. The van der Waals surface area contributed by atoms with Gasteiger partial charge in [-0.25, -0.2) is 8.42 Å². The summed E-state index contributed by atoms with van der Waals surface area (Å²) < 4.78 is 31.2. The summed E-state index contributed by atoms with van der Waals surface area (Å²) in [5.41, 5.74) is 0. The van der Waals surface area contributed by atoms with E-state index in [9.17, 15) is 13.2 Å². The van der Waals surface area contributed by atoms with E-state index >= 15 is 0 Å². The zero-order valence-corrected chi connectivity index (χ0v) is 11.4. The van der Waals surface area contributed by atoms with Crippen LogP contribution in [-0.4, -0.2) is 44.1 Å². The van der Waals surface area contributed by atoms with Crippen LogP contribution in [0.5, 0.6) is 0 Å². The smallest absolute Gasteiger partial charge is 0.310 e. The van der Waals surface area contributed by atoms with Gasteiger partial charge in [0, 0.05) is 13.1 Å². The Morgan fingerprint density at radius 2 is 2.11 bits per heavy atom. The molecule has 2 atom stereocenters. The lowest BCUT2D eigenvalue weighted by atomic mass is 10.1. The van der Waals surface area contributed by atoms with Crippen LogP contribution in [0, 0.1) is 5.92 Å². The summed E-state index contributed by atoms with van der Waals surface area (Å²) in [6, 6.07) is 0. The highest BCUT2D eigenvalue weighted by molar-refractivity contribution is 7.89. The number of sulfonamides is 1. The maximum atomic E-state index is 12.5. The van der Waals surface area contributed by atoms with Gasteiger partial charge in [-0.1, -0.05) is 18.6 Å². The van der Waals surface area contributed by atoms with E-state index < -0.39 is 27.2 Å². The van der Waals surface area contributed by atoms with Crippen molar-refractivity contribution in [2.75, 3.05) is 20.2 Å². The van der Waals surface area contributed by atoms with Gasteiger partial charge in [-0.15, -0.1) is 0 Å². The molecular formula is C12H19NO4S. The zero-order chi connectivity index (χ0) is 13.2. The first-order chi connectivity index (χ1) is 8.57. The van der Waals surface area contributed by atoms with Gasteiger partial charge in [-0.2, -0.15) is 4.31 Å². The standard InChI is InChI=1S/C12H19NO4S/c1-17-12(14)10-6-5-7-11(10)18(15,16)13-8-3-2-4-9-13/h2-3,10-11H,4-9H2,1H3. The first kappa shape index (κ1) is 13.5. The summed E-state index contributed by atoms with van der Waals surface area (Å²) >= 11 is 0. The van der Waals surface area contributed by atoms with E-state index in [4.69, 9.17) is 4.74 Å². The Labute approximate surface area is 108 Å². The molecule has 1 heterocycles. The quantitative estimate of drug-likeness (QED) is 0.566. The van der Waals surface area contributed by atoms with Crippen LogP contribution in [0.2, 0.25) is 0 Å². The van der Waals surface area contributed by atoms with Gasteiger partial charge in [0.25, 0.3) is 0 Å². The summed E-state index contributed by atoms with van der Waals surface area (Å²) in [4.78, 5) is 11.6. The molecule has 0 spiro atoms. The zero-order valence-electron chi connectivity index (χ0n) is 10.5. The Morgan fingerprint density at radius 3 is 2.72 bits per heavy atom. The number of methoxy groups -OCH3 is 1. The van der Waals surface area contributed by atoms with Crippen molar-refractivity contribution in [2.45, 2.75) is 30.9 Å². The van der Waals surface area contributed by atoms with E-state index in [1.54, 1.807) is 0 Å². The maximum absolute atomic E-state index is 12.5. The Hall–Kier alpha value is -0.880. The fourth-order valence-electron chi connectivity index (χ4n) is 2.75. The molecule has 0 aromatic rings. The average Bonchev–Trinajstić information content (AvgIpc) is 2.89. The number of carbonyl (C=O) groups excluding carboxylic acids is 1. The van der Waals surface area contributed by atoms with Crippen molar-refractivity contribution in [3.05, 3.63) is 12.2 Å². The monoisotopic (exact) mass is 273 g/mol. The summed E-state index contributed by atoms with van der Waals surface area (Å²) in [6.07, 6.45) is 6.53. The van der Waals surface area contributed by atoms with Gasteiger partial charge in [-0.05, 0) is 19.3 Å². The fraction of sp³-hybridized carbons (Fsp3) is 0.750. The molecule has 18 heavy (non-hydrogen) atoms. The van der Waals surface area contributed by atoms with E-state index in [1.165, 1.54) is 11.4 Å². The molecule has 1 aliphatic carbocycles. The van der Waals surface area contributed by atoms with Crippen LogP contribution in [0.1, 0.15) is 25.7 Å². The Bertz CT molecular complexity index is 443. The van der Waals surface area contributed by atoms with E-state index in [2.05, 4.69) is 0 Å². The highest BCUT2D eigenvalue weighted by atomic mass is 32.2. The minimum absolute atomic E-state index is 0.395. The van der Waals surface area contributed by atoms with Gasteiger partial charge >= 0.3 is 5.97 Å². The second-order valence-electron chi connectivity index (χ2n) is 4.76. The lowest BCUT2D eigenvalue weighted by Crippen LogP contribution is -2.43. The molecule has 0 aromatic carbocycles. The van der Waals surface area contributed by atoms with Crippen LogP contribution in [-0.2, 0) is 19.6 Å². The molecule has 5 nitrogen and oxygen atoms in total. The van der Waals surface area contributed by atoms with E-state index in [0.717, 1.165) is 12.8 Å². The molecule has 1 aliphatic heterocycles. The summed E-state index contributed by atoms with van der Waals surface area (Å²) in [7, 11) is -2.07. The van der Waals surface area contributed by atoms with E-state index in [1.807, 2.05) is 12.2 Å². The number of esters is 1. The number of carbonyl (C=O) groups is 1. The van der Waals surface area contributed by atoms with Crippen LogP contribution >= 0.6 is 0 Å². The number of nitrogens with zero attached hydrogens (tertiary/aromatic N) is 1. The fourth-order valence-corrected chi connectivity index (χ4v) is 4.91. The van der Waals surface area contributed by atoms with E-state index in [0.29, 0.717) is 25.9 Å². The van der Waals surface area contributed by atoms with Crippen LogP contribution in [0.15, 0.2) is 12.2 Å². The maximum Gasteiger partial charge on any atom is 0.310 e. The third-order valence-corrected chi connectivity index (χ3v) is 6.10. The van der Waals surface area contributed by atoms with Crippen molar-refractivity contribution in [3.8, 4) is 0 Å². The molecule has 1 fully saturated rings. The third kappa shape index (κ3) is 2.44. The highest BCUT2D eigenvalue weighted by Crippen LogP contribution is 2.34. The van der Waals surface area contributed by atoms with Crippen LogP contribution in [0.25, 0.3) is 0 Å². The minimum atomic E-state index is -3.38. The van der Waals surface area contributed by atoms with Crippen molar-refractivity contribution in [3.63, 3.8) is 0 Å². The summed E-state index contributed by atoms with van der Waals surface area (Å²) in [5.74, 6) is -0.889. The summed E-state index contributed by atoms with van der Waals surface area (Å²) in [5, 5.41) is -0.601. The molecule has 0 amide bonds. The van der Waals surface area contributed by atoms with Crippen LogP contribution < -0.4 is 0 Å². The average molecular weight is 273 g/mol. The normalized spacial score (nSPS) is 29.4. The minimum Gasteiger partial charge on any atom is -0.469 e. The Kier molecular flexibility index (Phi) is 4.07. The molecule has 0 N–H and O–H groups in total. The molecule has 2 rings (SSSR count). The lowest BCUT2D eigenvalue weighted by molar-refractivity contribution is -0.145. The second kappa shape index (κ2) is 5.40. The van der Waals surface area contributed by atoms with Gasteiger partial charge < -0.3 is 4.74 Å². The predicted molar refractivity (Wildman–Crippen MR) is 67.4 cm³/mol. The predicted octanol–water partition coefficient (Wildman–Crippen LogP) is 0.920. The van der Waals surface area contributed by atoms with Gasteiger partial charge in [0.2, 0.25) is 10.0 Å². The molecule has 0 aromatic heterocycles. The van der Waals surface area contributed by atoms with Crippen molar-refractivity contribution < 1.29 is 17.9 Å². The molecular weight excluding hydrogens is 254 g/mol. The molecule has 2 aliphatic rings. The second-order valence-corrected chi connectivity index (χ2v) is 6.91. The van der Waals surface area contributed by atoms with Gasteiger partial charge in [0.1, 0.15) is 0 Å². The van der Waals surface area contributed by atoms with E-state index in [-0.39, 0.29) is 0 Å². The largest absolute Gasteiger partial charge is 0.469 e. The van der Waals surface area contributed by atoms with Crippen LogP contribution in [0.4, 0.5) is 0 Å². The first-order valence-corrected chi connectivity index (χ1v) is 7.79. The van der Waals surface area contributed by atoms with Crippen molar-refractivity contribution in [1.29, 1.82) is 0 Å². The third-order valence-electron chi connectivity index (χ3n) is 3.72. The molecule has 0 bridgehead atoms. The van der Waals surface area contributed by atoms with Crippen LogP contribution in [0.3, 0.4) is 0 Å². The Morgan fingerprint density at radius 1 is 1.33 bits per heavy atom. The molecule has 1 saturated carbocycles. The first-order valence-electron chi connectivity index (χ1n) is 6.29. The number of ether oxygens (including phenoxy) is 1. The molecule has 102 valence electrons. The van der Waals surface area contributed by atoms with Crippen molar-refractivity contribution >= 4 is 16.0 Å². The molecule has 2 unspecified atom stereocenters. The number of rotatable bonds is 3. The Balaban J connectivity index is 2.18. The lowest BCUT2D eigenvalue weighted by Gasteiger charge is -2.28. The SMILES string of the molecule is COC(=O)C1CCCC1S(=O)(=O)N1CC=CCC1. The van der Waals surface area contributed by atoms with Crippen molar-refractivity contribution in [2.24, 2.45) is 5.92 Å². The van der Waals surface area contributed by atoms with Gasteiger partial charge in [0.15, 0.2) is 0 Å². The topological polar surface area (TPSA) is 63.7 Å². The number of hydrogen-bond acceptors (Lipinski definition) is 4.